The zero-order chi connectivity index (χ0) is 28.7. The second-order valence-electron chi connectivity index (χ2n) is 9.23. The van der Waals surface area contributed by atoms with Gasteiger partial charge in [-0.1, -0.05) is 66.5 Å². The third-order valence-electron chi connectivity index (χ3n) is 6.56. The number of hydrogen-bond acceptors (Lipinski definition) is 4. The van der Waals surface area contributed by atoms with E-state index in [1.54, 1.807) is 55.5 Å². The lowest BCUT2D eigenvalue weighted by atomic mass is 10.1. The van der Waals surface area contributed by atoms with Crippen LogP contribution in [-0.4, -0.2) is 44.3 Å². The van der Waals surface area contributed by atoms with E-state index in [9.17, 15) is 18.0 Å². The molecule has 208 valence electrons. The fourth-order valence-corrected chi connectivity index (χ4v) is 6.08. The van der Waals surface area contributed by atoms with Gasteiger partial charge in [-0.2, -0.15) is 0 Å². The Morgan fingerprint density at radius 2 is 1.54 bits per heavy atom. The number of hydrogen-bond donors (Lipinski definition) is 1. The molecule has 0 fully saturated rings. The van der Waals surface area contributed by atoms with E-state index in [-0.39, 0.29) is 17.3 Å². The molecule has 3 aromatic rings. The Kier molecular flexibility index (Phi) is 10.4. The molecular formula is C29H33Cl2N3O4S. The van der Waals surface area contributed by atoms with E-state index in [2.05, 4.69) is 5.32 Å². The van der Waals surface area contributed by atoms with E-state index < -0.39 is 28.5 Å². The van der Waals surface area contributed by atoms with Crippen LogP contribution in [0.15, 0.2) is 71.6 Å². The SMILES string of the molecule is CCCNC(=O)C(C)N(Cc1c(Cl)cccc1Cl)C(=O)CN(c1cccc(C)c1C)S(=O)(=O)c1ccccc1. The van der Waals surface area contributed by atoms with Gasteiger partial charge in [0.15, 0.2) is 0 Å². The minimum absolute atomic E-state index is 0.0492. The Morgan fingerprint density at radius 3 is 2.15 bits per heavy atom. The Balaban J connectivity index is 2.09. The van der Waals surface area contributed by atoms with Crippen LogP contribution in [0, 0.1) is 13.8 Å². The van der Waals surface area contributed by atoms with Crippen molar-refractivity contribution < 1.29 is 18.0 Å². The molecule has 0 bridgehead atoms. The number of nitrogens with zero attached hydrogens (tertiary/aromatic N) is 2. The number of aryl methyl sites for hydroxylation is 1. The highest BCUT2D eigenvalue weighted by Gasteiger charge is 2.33. The summed E-state index contributed by atoms with van der Waals surface area (Å²) in [5, 5.41) is 3.48. The van der Waals surface area contributed by atoms with E-state index in [0.717, 1.165) is 21.9 Å². The first-order chi connectivity index (χ1) is 18.5. The lowest BCUT2D eigenvalue weighted by molar-refractivity contribution is -0.139. The minimum Gasteiger partial charge on any atom is -0.354 e. The van der Waals surface area contributed by atoms with Crippen molar-refractivity contribution in [2.75, 3.05) is 17.4 Å². The molecule has 7 nitrogen and oxygen atoms in total. The zero-order valence-electron chi connectivity index (χ0n) is 22.4. The van der Waals surface area contributed by atoms with Crippen LogP contribution >= 0.6 is 23.2 Å². The smallest absolute Gasteiger partial charge is 0.264 e. The Morgan fingerprint density at radius 1 is 0.923 bits per heavy atom. The maximum atomic E-state index is 14.0. The normalized spacial score (nSPS) is 12.1. The Hall–Kier alpha value is -3.07. The summed E-state index contributed by atoms with van der Waals surface area (Å²) in [6, 6.07) is 17.3. The van der Waals surface area contributed by atoms with Crippen LogP contribution in [0.2, 0.25) is 10.0 Å². The summed E-state index contributed by atoms with van der Waals surface area (Å²) in [5.41, 5.74) is 2.44. The first kappa shape index (κ1) is 30.5. The molecule has 0 aromatic heterocycles. The molecular weight excluding hydrogens is 557 g/mol. The third-order valence-corrected chi connectivity index (χ3v) is 9.04. The maximum Gasteiger partial charge on any atom is 0.264 e. The van der Waals surface area contributed by atoms with Gasteiger partial charge in [0.25, 0.3) is 10.0 Å². The number of amides is 2. The molecule has 1 N–H and O–H groups in total. The van der Waals surface area contributed by atoms with E-state index in [1.807, 2.05) is 26.8 Å². The number of carbonyl (C=O) groups excluding carboxylic acids is 2. The molecule has 1 unspecified atom stereocenters. The van der Waals surface area contributed by atoms with Crippen LogP contribution in [0.25, 0.3) is 0 Å². The van der Waals surface area contributed by atoms with Crippen LogP contribution in [-0.2, 0) is 26.2 Å². The predicted molar refractivity (Wildman–Crippen MR) is 157 cm³/mol. The molecule has 0 aliphatic carbocycles. The second kappa shape index (κ2) is 13.3. The van der Waals surface area contributed by atoms with Crippen molar-refractivity contribution in [3.8, 4) is 0 Å². The molecule has 3 aromatic carbocycles. The molecule has 0 aliphatic rings. The van der Waals surface area contributed by atoms with Crippen LogP contribution < -0.4 is 9.62 Å². The summed E-state index contributed by atoms with van der Waals surface area (Å²) >= 11 is 12.8. The van der Waals surface area contributed by atoms with Crippen molar-refractivity contribution in [2.24, 2.45) is 0 Å². The number of carbonyl (C=O) groups is 2. The average molecular weight is 591 g/mol. The average Bonchev–Trinajstić information content (AvgIpc) is 2.92. The topological polar surface area (TPSA) is 86.8 Å². The highest BCUT2D eigenvalue weighted by Crippen LogP contribution is 2.30. The molecule has 1 atom stereocenters. The number of nitrogens with one attached hydrogen (secondary N) is 1. The molecule has 0 saturated heterocycles. The number of rotatable bonds is 11. The first-order valence-corrected chi connectivity index (χ1v) is 14.8. The number of benzene rings is 3. The molecule has 0 saturated carbocycles. The molecule has 39 heavy (non-hydrogen) atoms. The van der Waals surface area contributed by atoms with Crippen LogP contribution in [0.4, 0.5) is 5.69 Å². The molecule has 0 heterocycles. The van der Waals surface area contributed by atoms with Gasteiger partial charge >= 0.3 is 0 Å². The van der Waals surface area contributed by atoms with Crippen molar-refractivity contribution in [3.63, 3.8) is 0 Å². The Bertz CT molecular complexity index is 1410. The molecule has 3 rings (SSSR count). The zero-order valence-corrected chi connectivity index (χ0v) is 24.8. The van der Waals surface area contributed by atoms with E-state index in [1.165, 1.54) is 17.0 Å². The lowest BCUT2D eigenvalue weighted by Gasteiger charge is -2.33. The van der Waals surface area contributed by atoms with Crippen LogP contribution in [0.1, 0.15) is 37.0 Å². The summed E-state index contributed by atoms with van der Waals surface area (Å²) in [4.78, 5) is 28.3. The summed E-state index contributed by atoms with van der Waals surface area (Å²) < 4.78 is 28.9. The van der Waals surface area contributed by atoms with Gasteiger partial charge in [-0.25, -0.2) is 8.42 Å². The van der Waals surface area contributed by atoms with Crippen molar-refractivity contribution in [2.45, 2.75) is 51.6 Å². The van der Waals surface area contributed by atoms with Crippen molar-refractivity contribution in [1.82, 2.24) is 10.2 Å². The summed E-state index contributed by atoms with van der Waals surface area (Å²) in [5.74, 6) is -0.942. The minimum atomic E-state index is -4.14. The highest BCUT2D eigenvalue weighted by atomic mass is 35.5. The van der Waals surface area contributed by atoms with Crippen molar-refractivity contribution in [1.29, 1.82) is 0 Å². The number of anilines is 1. The molecule has 0 aliphatic heterocycles. The van der Waals surface area contributed by atoms with Gasteiger partial charge in [-0.15, -0.1) is 0 Å². The Labute approximate surface area is 240 Å². The van der Waals surface area contributed by atoms with Gasteiger partial charge in [-0.3, -0.25) is 13.9 Å². The fraction of sp³-hybridized carbons (Fsp3) is 0.310. The summed E-state index contributed by atoms with van der Waals surface area (Å²) in [7, 11) is -4.14. The van der Waals surface area contributed by atoms with Gasteiger partial charge in [0.1, 0.15) is 12.6 Å². The predicted octanol–water partition coefficient (Wildman–Crippen LogP) is 5.75. The number of halogens is 2. The lowest BCUT2D eigenvalue weighted by Crippen LogP contribution is -2.51. The van der Waals surface area contributed by atoms with Gasteiger partial charge in [0.2, 0.25) is 11.8 Å². The maximum absolute atomic E-state index is 14.0. The van der Waals surface area contributed by atoms with E-state index >= 15 is 0 Å². The quantitative estimate of drug-likeness (QED) is 0.308. The molecule has 10 heteroatoms. The van der Waals surface area contributed by atoms with Gasteiger partial charge in [0.05, 0.1) is 10.6 Å². The van der Waals surface area contributed by atoms with E-state index in [4.69, 9.17) is 23.2 Å². The van der Waals surface area contributed by atoms with Crippen molar-refractivity contribution in [3.05, 3.63) is 93.5 Å². The van der Waals surface area contributed by atoms with Gasteiger partial charge < -0.3 is 10.2 Å². The van der Waals surface area contributed by atoms with Crippen LogP contribution in [0.5, 0.6) is 0 Å². The van der Waals surface area contributed by atoms with Crippen molar-refractivity contribution >= 4 is 50.7 Å². The summed E-state index contributed by atoms with van der Waals surface area (Å²) in [6.45, 7) is 7.04. The van der Waals surface area contributed by atoms with Gasteiger partial charge in [0, 0.05) is 28.7 Å². The largest absolute Gasteiger partial charge is 0.354 e. The second-order valence-corrected chi connectivity index (χ2v) is 11.9. The van der Waals surface area contributed by atoms with E-state index in [0.29, 0.717) is 27.8 Å². The number of sulfonamides is 1. The summed E-state index contributed by atoms with van der Waals surface area (Å²) in [6.07, 6.45) is 0.721. The highest BCUT2D eigenvalue weighted by molar-refractivity contribution is 7.92. The fourth-order valence-electron chi connectivity index (χ4n) is 4.07. The first-order valence-electron chi connectivity index (χ1n) is 12.6. The standard InChI is InChI=1S/C29H33Cl2N3O4S/c1-5-17-32-29(36)22(4)33(18-24-25(30)14-10-15-26(24)31)28(35)19-34(27-16-9-11-20(2)21(27)3)39(37,38)23-12-7-6-8-13-23/h6-16,22H,5,17-19H2,1-4H3,(H,32,36). The third kappa shape index (κ3) is 7.12. The van der Waals surface area contributed by atoms with Crippen LogP contribution in [0.3, 0.4) is 0 Å². The molecule has 0 radical (unpaired) electrons. The molecule has 0 spiro atoms. The molecule has 2 amide bonds. The monoisotopic (exact) mass is 589 g/mol. The van der Waals surface area contributed by atoms with Gasteiger partial charge in [-0.05, 0) is 68.7 Å².